The Balaban J connectivity index is 1.97. The maximum absolute atomic E-state index is 13.8. The molecule has 0 aliphatic carbocycles. The predicted octanol–water partition coefficient (Wildman–Crippen LogP) is 2.64. The van der Waals surface area contributed by atoms with Gasteiger partial charge < -0.3 is 15.0 Å². The molecular weight excluding hydrogens is 375 g/mol. The molecule has 0 aliphatic rings. The molecule has 24 heavy (non-hydrogen) atoms. The lowest BCUT2D eigenvalue weighted by Gasteiger charge is -2.21. The van der Waals surface area contributed by atoms with Gasteiger partial charge in [-0.3, -0.25) is 4.79 Å². The summed E-state index contributed by atoms with van der Waals surface area (Å²) in [7, 11) is 3.35. The molecule has 1 amide bonds. The van der Waals surface area contributed by atoms with Crippen LogP contribution in [0, 0.1) is 5.82 Å². The molecule has 2 aromatic carbocycles. The summed E-state index contributed by atoms with van der Waals surface area (Å²) in [5, 5.41) is 2.89. The van der Waals surface area contributed by atoms with Crippen LogP contribution in [-0.2, 0) is 11.3 Å². The third kappa shape index (κ3) is 4.79. The summed E-state index contributed by atoms with van der Waals surface area (Å²) in [5.41, 5.74) is 1.56. The number of halogens is 2. The van der Waals surface area contributed by atoms with Crippen LogP contribution in [0.25, 0.3) is 0 Å². The minimum absolute atomic E-state index is 0.0798. The van der Waals surface area contributed by atoms with Crippen LogP contribution in [0.3, 0.4) is 0 Å². The van der Waals surface area contributed by atoms with Gasteiger partial charge in [0.2, 0.25) is 0 Å². The van der Waals surface area contributed by atoms with Crippen LogP contribution in [0.4, 0.5) is 10.1 Å². The van der Waals surface area contributed by atoms with E-state index in [-0.39, 0.29) is 17.7 Å². The maximum Gasteiger partial charge on any atom is 0.282 e. The highest BCUT2D eigenvalue weighted by atomic mass is 79.9. The Hall–Kier alpha value is -1.92. The number of hydrogen-bond donors (Lipinski definition) is 2. The Bertz CT molecular complexity index is 707. The molecule has 4 nitrogen and oxygen atoms in total. The van der Waals surface area contributed by atoms with Crippen LogP contribution in [0.5, 0.6) is 5.75 Å². The molecule has 2 aromatic rings. The van der Waals surface area contributed by atoms with Crippen LogP contribution >= 0.6 is 15.9 Å². The molecule has 0 bridgehead atoms. The smallest absolute Gasteiger partial charge is 0.282 e. The average Bonchev–Trinajstić information content (AvgIpc) is 2.56. The third-order valence-electron chi connectivity index (χ3n) is 3.94. The second-order valence-corrected chi connectivity index (χ2v) is 6.63. The molecule has 0 spiro atoms. The van der Waals surface area contributed by atoms with Gasteiger partial charge in [-0.25, -0.2) is 4.39 Å². The minimum Gasteiger partial charge on any atom is -0.494 e. The van der Waals surface area contributed by atoms with E-state index in [1.807, 2.05) is 44.3 Å². The number of amides is 1. The van der Waals surface area contributed by atoms with Crippen molar-refractivity contribution in [3.63, 3.8) is 0 Å². The van der Waals surface area contributed by atoms with Crippen LogP contribution in [0.2, 0.25) is 0 Å². The van der Waals surface area contributed by atoms with Gasteiger partial charge in [-0.05, 0) is 49.4 Å². The van der Waals surface area contributed by atoms with Gasteiger partial charge in [0.15, 0.2) is 17.6 Å². The quantitative estimate of drug-likeness (QED) is 0.789. The summed E-state index contributed by atoms with van der Waals surface area (Å²) in [6.07, 6.45) is 0. The molecule has 2 N–H and O–H groups in total. The number of nitrogens with one attached hydrogen (secondary N) is 2. The van der Waals surface area contributed by atoms with Crippen LogP contribution < -0.4 is 15.0 Å². The summed E-state index contributed by atoms with van der Waals surface area (Å²) < 4.78 is 19.6. The van der Waals surface area contributed by atoms with E-state index in [9.17, 15) is 9.18 Å². The summed E-state index contributed by atoms with van der Waals surface area (Å²) in [6, 6.07) is 12.0. The average molecular weight is 396 g/mol. The Morgan fingerprint density at radius 3 is 2.54 bits per heavy atom. The second-order valence-electron chi connectivity index (χ2n) is 5.71. The van der Waals surface area contributed by atoms with Crippen molar-refractivity contribution in [1.29, 1.82) is 0 Å². The first-order valence-corrected chi connectivity index (χ1v) is 8.41. The number of hydrogen-bond acceptors (Lipinski definition) is 2. The number of anilines is 1. The molecule has 0 radical (unpaired) electrons. The topological polar surface area (TPSA) is 42.8 Å². The Labute approximate surface area is 149 Å². The number of benzene rings is 2. The van der Waals surface area contributed by atoms with Gasteiger partial charge in [-0.1, -0.05) is 15.9 Å². The van der Waals surface area contributed by atoms with E-state index < -0.39 is 5.82 Å². The largest absolute Gasteiger partial charge is 0.494 e. The Morgan fingerprint density at radius 2 is 1.96 bits per heavy atom. The number of likely N-dealkylation sites (N-methyl/N-ethyl adjacent to an activating group) is 1. The van der Waals surface area contributed by atoms with E-state index in [2.05, 4.69) is 21.2 Å². The number of rotatable bonds is 6. The molecule has 128 valence electrons. The molecule has 0 fully saturated rings. The van der Waals surface area contributed by atoms with Gasteiger partial charge in [0.1, 0.15) is 6.54 Å². The van der Waals surface area contributed by atoms with Gasteiger partial charge in [-0.15, -0.1) is 0 Å². The summed E-state index contributed by atoms with van der Waals surface area (Å²) in [6.45, 7) is 2.39. The first-order chi connectivity index (χ1) is 11.4. The standard InChI is InChI=1S/C18H20BrFN2O2/c1-12(18(23)21-15-7-5-14(19)6-8-15)22(2)11-13-4-9-17(24-3)16(20)10-13/h4-10,12H,11H2,1-3H3,(H,21,23)/p+1/t12-/m0/s1. The predicted molar refractivity (Wildman–Crippen MR) is 95.8 cm³/mol. The lowest BCUT2D eigenvalue weighted by molar-refractivity contribution is -0.907. The van der Waals surface area contributed by atoms with Crippen molar-refractivity contribution >= 4 is 27.5 Å². The van der Waals surface area contributed by atoms with E-state index in [0.29, 0.717) is 6.54 Å². The molecule has 6 heteroatoms. The van der Waals surface area contributed by atoms with Gasteiger partial charge >= 0.3 is 0 Å². The molecule has 0 aromatic heterocycles. The summed E-state index contributed by atoms with van der Waals surface area (Å²) in [4.78, 5) is 13.3. The first kappa shape index (κ1) is 18.4. The fraction of sp³-hybridized carbons (Fsp3) is 0.278. The highest BCUT2D eigenvalue weighted by Gasteiger charge is 2.22. The van der Waals surface area contributed by atoms with Crippen molar-refractivity contribution in [1.82, 2.24) is 0 Å². The maximum atomic E-state index is 13.8. The number of carbonyl (C=O) groups is 1. The van der Waals surface area contributed by atoms with Crippen molar-refractivity contribution < 1.29 is 18.8 Å². The molecule has 2 rings (SSSR count). The Kier molecular flexibility index (Phi) is 6.34. The fourth-order valence-corrected chi connectivity index (χ4v) is 2.57. The summed E-state index contributed by atoms with van der Waals surface area (Å²) >= 11 is 3.36. The number of carbonyl (C=O) groups excluding carboxylic acids is 1. The van der Waals surface area contributed by atoms with Crippen molar-refractivity contribution in [2.24, 2.45) is 0 Å². The van der Waals surface area contributed by atoms with Crippen molar-refractivity contribution in [2.75, 3.05) is 19.5 Å². The lowest BCUT2D eigenvalue weighted by Crippen LogP contribution is -3.12. The van der Waals surface area contributed by atoms with Gasteiger partial charge in [0.05, 0.1) is 14.2 Å². The van der Waals surface area contributed by atoms with Gasteiger partial charge in [-0.2, -0.15) is 0 Å². The van der Waals surface area contributed by atoms with Crippen molar-refractivity contribution in [3.8, 4) is 5.75 Å². The molecule has 0 heterocycles. The van der Waals surface area contributed by atoms with Crippen molar-refractivity contribution in [3.05, 3.63) is 58.3 Å². The summed E-state index contributed by atoms with van der Waals surface area (Å²) in [5.74, 6) is -0.254. The molecule has 2 atom stereocenters. The van der Waals surface area contributed by atoms with Crippen LogP contribution in [0.1, 0.15) is 12.5 Å². The molecule has 0 aliphatic heterocycles. The molecule has 0 saturated heterocycles. The Morgan fingerprint density at radius 1 is 1.29 bits per heavy atom. The lowest BCUT2D eigenvalue weighted by atomic mass is 10.1. The first-order valence-electron chi connectivity index (χ1n) is 7.62. The van der Waals surface area contributed by atoms with Gasteiger partial charge in [0, 0.05) is 15.7 Å². The highest BCUT2D eigenvalue weighted by Crippen LogP contribution is 2.17. The molecule has 0 saturated carbocycles. The fourth-order valence-electron chi connectivity index (χ4n) is 2.30. The zero-order valence-corrected chi connectivity index (χ0v) is 15.5. The zero-order chi connectivity index (χ0) is 17.7. The normalized spacial score (nSPS) is 13.2. The van der Waals surface area contributed by atoms with E-state index in [1.165, 1.54) is 13.2 Å². The molecule has 1 unspecified atom stereocenters. The second kappa shape index (κ2) is 8.26. The number of quaternary nitrogens is 1. The monoisotopic (exact) mass is 395 g/mol. The third-order valence-corrected chi connectivity index (χ3v) is 4.47. The number of methoxy groups -OCH3 is 1. The van der Waals surface area contributed by atoms with Crippen molar-refractivity contribution in [2.45, 2.75) is 19.5 Å². The van der Waals surface area contributed by atoms with E-state index in [1.54, 1.807) is 6.07 Å². The van der Waals surface area contributed by atoms with E-state index in [4.69, 9.17) is 4.74 Å². The van der Waals surface area contributed by atoms with E-state index >= 15 is 0 Å². The SMILES string of the molecule is COc1ccc(C[NH+](C)[C@@H](C)C(=O)Nc2ccc(Br)cc2)cc1F. The molecular formula is C18H21BrFN2O2+. The van der Waals surface area contributed by atoms with Crippen LogP contribution in [-0.4, -0.2) is 26.1 Å². The van der Waals surface area contributed by atoms with E-state index in [0.717, 1.165) is 20.6 Å². The highest BCUT2D eigenvalue weighted by molar-refractivity contribution is 9.10. The van der Waals surface area contributed by atoms with Crippen LogP contribution in [0.15, 0.2) is 46.9 Å². The van der Waals surface area contributed by atoms with Gasteiger partial charge in [0.25, 0.3) is 5.91 Å². The minimum atomic E-state index is -0.394. The number of ether oxygens (including phenoxy) is 1. The zero-order valence-electron chi connectivity index (χ0n) is 13.9.